The Bertz CT molecular complexity index is 106. The first-order valence-corrected chi connectivity index (χ1v) is 6.16. The highest BCUT2D eigenvalue weighted by molar-refractivity contribution is 8.33. The van der Waals surface area contributed by atoms with Gasteiger partial charge >= 0.3 is 0 Å². The van der Waals surface area contributed by atoms with Crippen LogP contribution >= 0.6 is 10.2 Å². The summed E-state index contributed by atoms with van der Waals surface area (Å²) in [6.45, 7) is 10.5. The number of hydrogen-bond acceptors (Lipinski definition) is 1. The van der Waals surface area contributed by atoms with Crippen molar-refractivity contribution in [3.05, 3.63) is 12.0 Å². The maximum atomic E-state index is 3.84. The van der Waals surface area contributed by atoms with Crippen LogP contribution in [0.5, 0.6) is 0 Å². The molecule has 10 heavy (non-hydrogen) atoms. The van der Waals surface area contributed by atoms with Crippen LogP contribution in [0.1, 0.15) is 13.8 Å². The first kappa shape index (κ1) is 10.0. The predicted octanol–water partition coefficient (Wildman–Crippen LogP) is 2.45. The predicted molar refractivity (Wildman–Crippen MR) is 52.6 cm³/mol. The molecule has 0 aliphatic rings. The Labute approximate surface area is 66.6 Å². The molecule has 2 heteroatoms. The van der Waals surface area contributed by atoms with Crippen LogP contribution in [0.15, 0.2) is 12.0 Å². The van der Waals surface area contributed by atoms with Crippen molar-refractivity contribution in [2.75, 3.05) is 25.6 Å². The Morgan fingerprint density at radius 1 is 1.30 bits per heavy atom. The second kappa shape index (κ2) is 4.04. The molecule has 0 radical (unpaired) electrons. The first-order valence-electron chi connectivity index (χ1n) is 3.69. The highest BCUT2D eigenvalue weighted by Crippen LogP contribution is 2.44. The zero-order valence-electron chi connectivity index (χ0n) is 7.55. The Hall–Kier alpha value is 0.0500. The minimum Gasteiger partial charge on any atom is -0.265 e. The quantitative estimate of drug-likeness (QED) is 0.612. The van der Waals surface area contributed by atoms with Crippen LogP contribution in [-0.4, -0.2) is 29.9 Å². The van der Waals surface area contributed by atoms with Gasteiger partial charge in [0, 0.05) is 13.1 Å². The molecule has 1 nitrogen and oxygen atoms in total. The van der Waals surface area contributed by atoms with Gasteiger partial charge in [-0.15, -0.1) is 0 Å². The van der Waals surface area contributed by atoms with Crippen molar-refractivity contribution in [1.82, 2.24) is 4.31 Å². The molecule has 0 amide bonds. The van der Waals surface area contributed by atoms with Crippen LogP contribution in [0.25, 0.3) is 0 Å². The molecule has 0 spiro atoms. The topological polar surface area (TPSA) is 3.24 Å². The molecular formula is C8H19NS. The van der Waals surface area contributed by atoms with Crippen LogP contribution in [0.3, 0.4) is 0 Å². The van der Waals surface area contributed by atoms with E-state index in [0.717, 1.165) is 13.1 Å². The molecule has 0 aromatic carbocycles. The molecule has 62 valence electrons. The lowest BCUT2D eigenvalue weighted by Gasteiger charge is -2.39. The molecular weight excluding hydrogens is 142 g/mol. The van der Waals surface area contributed by atoms with E-state index >= 15 is 0 Å². The monoisotopic (exact) mass is 161 g/mol. The average molecular weight is 161 g/mol. The van der Waals surface area contributed by atoms with Gasteiger partial charge < -0.3 is 0 Å². The van der Waals surface area contributed by atoms with Crippen molar-refractivity contribution in [3.8, 4) is 0 Å². The smallest absolute Gasteiger partial charge is 0.00485 e. The van der Waals surface area contributed by atoms with Gasteiger partial charge in [-0.25, -0.2) is 0 Å². The van der Waals surface area contributed by atoms with E-state index in [0.29, 0.717) is 0 Å². The van der Waals surface area contributed by atoms with E-state index < -0.39 is 10.2 Å². The van der Waals surface area contributed by atoms with Crippen molar-refractivity contribution in [2.45, 2.75) is 13.8 Å². The standard InChI is InChI=1S/C8H19NS/c1-6-9(7-2)10(4,5)8-3/h8H,3,6-7H2,1-2,4-5H3. The third kappa shape index (κ3) is 2.35. The van der Waals surface area contributed by atoms with E-state index in [1.165, 1.54) is 0 Å². The molecule has 0 rings (SSSR count). The van der Waals surface area contributed by atoms with Gasteiger partial charge in [0.05, 0.1) is 0 Å². The molecule has 0 aliphatic carbocycles. The molecule has 0 aliphatic heterocycles. The third-order valence-corrected chi connectivity index (χ3v) is 4.44. The van der Waals surface area contributed by atoms with Crippen molar-refractivity contribution in [2.24, 2.45) is 0 Å². The minimum atomic E-state index is -0.663. The van der Waals surface area contributed by atoms with E-state index in [-0.39, 0.29) is 0 Å². The summed E-state index contributed by atoms with van der Waals surface area (Å²) in [7, 11) is -0.663. The normalized spacial score (nSPS) is 13.7. The van der Waals surface area contributed by atoms with Gasteiger partial charge in [0.1, 0.15) is 0 Å². The highest BCUT2D eigenvalue weighted by atomic mass is 32.3. The van der Waals surface area contributed by atoms with Gasteiger partial charge in [0.15, 0.2) is 0 Å². The molecule has 0 fully saturated rings. The molecule has 0 aromatic rings. The van der Waals surface area contributed by atoms with E-state index in [4.69, 9.17) is 0 Å². The molecule has 0 saturated heterocycles. The van der Waals surface area contributed by atoms with Crippen molar-refractivity contribution >= 4 is 10.2 Å². The number of nitrogens with zero attached hydrogens (tertiary/aromatic N) is 1. The van der Waals surface area contributed by atoms with Crippen LogP contribution in [0, 0.1) is 0 Å². The van der Waals surface area contributed by atoms with Gasteiger partial charge in [-0.1, -0.05) is 20.4 Å². The van der Waals surface area contributed by atoms with Gasteiger partial charge in [0.2, 0.25) is 0 Å². The van der Waals surface area contributed by atoms with Crippen LogP contribution in [-0.2, 0) is 0 Å². The lowest BCUT2D eigenvalue weighted by atomic mass is 10.7. The second-order valence-corrected chi connectivity index (χ2v) is 6.18. The third-order valence-electron chi connectivity index (χ3n) is 1.78. The Morgan fingerprint density at radius 2 is 1.70 bits per heavy atom. The summed E-state index contributed by atoms with van der Waals surface area (Å²) in [5.74, 6) is 0. The summed E-state index contributed by atoms with van der Waals surface area (Å²) >= 11 is 0. The Kier molecular flexibility index (Phi) is 4.06. The van der Waals surface area contributed by atoms with Gasteiger partial charge in [-0.05, 0) is 17.9 Å². The summed E-state index contributed by atoms with van der Waals surface area (Å²) in [5.41, 5.74) is 0. The average Bonchev–Trinajstić information content (AvgIpc) is 1.90. The number of hydrogen-bond donors (Lipinski definition) is 0. The van der Waals surface area contributed by atoms with E-state index in [1.54, 1.807) is 0 Å². The SMILES string of the molecule is C=CS(C)(C)N(CC)CC. The molecule has 0 saturated carbocycles. The molecule has 0 aromatic heterocycles. The largest absolute Gasteiger partial charge is 0.265 e. The fourth-order valence-electron chi connectivity index (χ4n) is 0.994. The van der Waals surface area contributed by atoms with Crippen LogP contribution in [0.4, 0.5) is 0 Å². The second-order valence-electron chi connectivity index (χ2n) is 2.63. The van der Waals surface area contributed by atoms with Crippen molar-refractivity contribution in [1.29, 1.82) is 0 Å². The van der Waals surface area contributed by atoms with Gasteiger partial charge in [0.25, 0.3) is 0 Å². The molecule has 0 atom stereocenters. The molecule has 0 N–H and O–H groups in total. The molecule has 0 bridgehead atoms. The van der Waals surface area contributed by atoms with E-state index in [9.17, 15) is 0 Å². The zero-order chi connectivity index (χ0) is 8.20. The summed E-state index contributed by atoms with van der Waals surface area (Å²) < 4.78 is 2.46. The van der Waals surface area contributed by atoms with Gasteiger partial charge in [-0.2, -0.15) is 10.2 Å². The maximum absolute atomic E-state index is 3.84. The summed E-state index contributed by atoms with van der Waals surface area (Å²) in [6.07, 6.45) is 4.54. The molecule has 0 unspecified atom stereocenters. The lowest BCUT2D eigenvalue weighted by Crippen LogP contribution is -2.24. The summed E-state index contributed by atoms with van der Waals surface area (Å²) in [6, 6.07) is 0. The van der Waals surface area contributed by atoms with Crippen molar-refractivity contribution in [3.63, 3.8) is 0 Å². The number of rotatable bonds is 4. The molecule has 0 heterocycles. The Morgan fingerprint density at radius 3 is 1.80 bits per heavy atom. The lowest BCUT2D eigenvalue weighted by molar-refractivity contribution is 0.516. The van der Waals surface area contributed by atoms with Gasteiger partial charge in [-0.3, -0.25) is 4.31 Å². The maximum Gasteiger partial charge on any atom is 0.00485 e. The first-order chi connectivity index (χ1) is 4.58. The zero-order valence-corrected chi connectivity index (χ0v) is 8.37. The van der Waals surface area contributed by atoms with Crippen LogP contribution < -0.4 is 0 Å². The van der Waals surface area contributed by atoms with E-state index in [1.807, 2.05) is 0 Å². The van der Waals surface area contributed by atoms with Crippen LogP contribution in [0.2, 0.25) is 0 Å². The fourth-order valence-corrected chi connectivity index (χ4v) is 2.54. The summed E-state index contributed by atoms with van der Waals surface area (Å²) in [5, 5.41) is 2.08. The minimum absolute atomic E-state index is 0.663. The van der Waals surface area contributed by atoms with E-state index in [2.05, 4.69) is 42.7 Å². The highest BCUT2D eigenvalue weighted by Gasteiger charge is 2.13. The summed E-state index contributed by atoms with van der Waals surface area (Å²) in [4.78, 5) is 0. The van der Waals surface area contributed by atoms with Crippen molar-refractivity contribution < 1.29 is 0 Å². The Balaban J connectivity index is 4.10. The fraction of sp³-hybridized carbons (Fsp3) is 0.750.